The Kier molecular flexibility index (Phi) is 3.66. The summed E-state index contributed by atoms with van der Waals surface area (Å²) >= 11 is 0. The lowest BCUT2D eigenvalue weighted by Crippen LogP contribution is -2.35. The number of hydrogen-bond acceptors (Lipinski definition) is 3. The Morgan fingerprint density at radius 2 is 2.00 bits per heavy atom. The number of rotatable bonds is 3. The van der Waals surface area contributed by atoms with Crippen molar-refractivity contribution in [2.45, 2.75) is 13.0 Å². The van der Waals surface area contributed by atoms with E-state index in [1.54, 1.807) is 24.1 Å². The van der Waals surface area contributed by atoms with Crippen molar-refractivity contribution in [2.75, 3.05) is 11.9 Å². The van der Waals surface area contributed by atoms with E-state index in [1.807, 2.05) is 38.2 Å². The Bertz CT molecular complexity index is 573. The van der Waals surface area contributed by atoms with Gasteiger partial charge in [0.15, 0.2) is 0 Å². The van der Waals surface area contributed by atoms with E-state index in [1.165, 1.54) is 4.90 Å². The zero-order valence-electron chi connectivity index (χ0n) is 11.4. The molecule has 2 N–H and O–H groups in total. The molecule has 100 valence electrons. The second-order valence-corrected chi connectivity index (χ2v) is 4.66. The van der Waals surface area contributed by atoms with Crippen LogP contribution in [0.2, 0.25) is 0 Å². The number of nitrogens with two attached hydrogens (primary N) is 1. The number of anilines is 1. The predicted octanol–water partition coefficient (Wildman–Crippen LogP) is 1.39. The first kappa shape index (κ1) is 13.3. The van der Waals surface area contributed by atoms with Gasteiger partial charge < -0.3 is 10.6 Å². The summed E-state index contributed by atoms with van der Waals surface area (Å²) in [4.78, 5) is 13.8. The summed E-state index contributed by atoms with van der Waals surface area (Å²) in [6.07, 6.45) is 3.42. The molecule has 0 aliphatic rings. The molecule has 5 nitrogen and oxygen atoms in total. The minimum absolute atomic E-state index is 0.156. The van der Waals surface area contributed by atoms with Gasteiger partial charge in [0, 0.05) is 20.3 Å². The maximum absolute atomic E-state index is 12.3. The minimum Gasteiger partial charge on any atom is -0.316 e. The second-order valence-electron chi connectivity index (χ2n) is 4.66. The molecule has 2 aromatic rings. The van der Waals surface area contributed by atoms with Gasteiger partial charge in [-0.3, -0.25) is 9.48 Å². The summed E-state index contributed by atoms with van der Waals surface area (Å²) in [5, 5.41) is 4.05. The zero-order valence-corrected chi connectivity index (χ0v) is 11.4. The van der Waals surface area contributed by atoms with Crippen LogP contribution in [0.5, 0.6) is 0 Å². The molecule has 0 fully saturated rings. The largest absolute Gasteiger partial charge is 0.316 e. The number of aromatic nitrogens is 2. The van der Waals surface area contributed by atoms with Crippen LogP contribution in [-0.4, -0.2) is 22.7 Å². The van der Waals surface area contributed by atoms with Gasteiger partial charge in [-0.1, -0.05) is 29.8 Å². The van der Waals surface area contributed by atoms with E-state index in [0.29, 0.717) is 0 Å². The summed E-state index contributed by atoms with van der Waals surface area (Å²) in [6.45, 7) is 2.00. The van der Waals surface area contributed by atoms with Gasteiger partial charge in [-0.15, -0.1) is 0 Å². The average molecular weight is 258 g/mol. The molecule has 5 heteroatoms. The Hall–Kier alpha value is -2.14. The number of carbonyl (C=O) groups excluding carboxylic acids is 1. The number of hydrogen-bond donors (Lipinski definition) is 1. The summed E-state index contributed by atoms with van der Waals surface area (Å²) in [7, 11) is 3.51. The van der Waals surface area contributed by atoms with E-state index >= 15 is 0 Å². The summed E-state index contributed by atoms with van der Waals surface area (Å²) in [5.41, 5.74) is 8.70. The first-order valence-corrected chi connectivity index (χ1v) is 6.07. The summed E-state index contributed by atoms with van der Waals surface area (Å²) in [5.74, 6) is -0.156. The molecule has 0 spiro atoms. The van der Waals surface area contributed by atoms with Crippen LogP contribution in [-0.2, 0) is 11.8 Å². The lowest BCUT2D eigenvalue weighted by Gasteiger charge is -2.20. The molecule has 1 atom stereocenters. The van der Waals surface area contributed by atoms with E-state index in [2.05, 4.69) is 5.10 Å². The SMILES string of the molecule is Cc1ccc(C(N)C(=O)N(C)c2cnn(C)c2)cc1. The molecule has 0 radical (unpaired) electrons. The van der Waals surface area contributed by atoms with Crippen molar-refractivity contribution in [3.05, 3.63) is 47.8 Å². The number of aryl methyl sites for hydroxylation is 2. The third-order valence-corrected chi connectivity index (χ3v) is 3.11. The van der Waals surface area contributed by atoms with Crippen LogP contribution >= 0.6 is 0 Å². The van der Waals surface area contributed by atoms with Gasteiger partial charge >= 0.3 is 0 Å². The highest BCUT2D eigenvalue weighted by Gasteiger charge is 2.21. The number of benzene rings is 1. The molecule has 0 saturated carbocycles. The van der Waals surface area contributed by atoms with Gasteiger partial charge in [-0.2, -0.15) is 5.10 Å². The lowest BCUT2D eigenvalue weighted by molar-refractivity contribution is -0.119. The van der Waals surface area contributed by atoms with Gasteiger partial charge in [-0.05, 0) is 12.5 Å². The van der Waals surface area contributed by atoms with Crippen molar-refractivity contribution in [3.63, 3.8) is 0 Å². The monoisotopic (exact) mass is 258 g/mol. The van der Waals surface area contributed by atoms with Crippen LogP contribution in [0.3, 0.4) is 0 Å². The van der Waals surface area contributed by atoms with Crippen molar-refractivity contribution in [1.29, 1.82) is 0 Å². The Morgan fingerprint density at radius 3 is 2.53 bits per heavy atom. The predicted molar refractivity (Wildman–Crippen MR) is 74.7 cm³/mol. The molecule has 1 amide bonds. The first-order chi connectivity index (χ1) is 8.99. The van der Waals surface area contributed by atoms with Gasteiger partial charge in [0.25, 0.3) is 0 Å². The molecule has 1 heterocycles. The quantitative estimate of drug-likeness (QED) is 0.905. The Labute approximate surface area is 112 Å². The van der Waals surface area contributed by atoms with Gasteiger partial charge in [0.05, 0.1) is 11.9 Å². The van der Waals surface area contributed by atoms with E-state index in [-0.39, 0.29) is 5.91 Å². The minimum atomic E-state index is -0.661. The fourth-order valence-corrected chi connectivity index (χ4v) is 1.83. The average Bonchev–Trinajstić information content (AvgIpc) is 2.84. The molecule has 19 heavy (non-hydrogen) atoms. The fraction of sp³-hybridized carbons (Fsp3) is 0.286. The molecule has 1 aromatic heterocycles. The Morgan fingerprint density at radius 1 is 1.37 bits per heavy atom. The van der Waals surface area contributed by atoms with Gasteiger partial charge in [0.1, 0.15) is 6.04 Å². The molecule has 0 aliphatic heterocycles. The van der Waals surface area contributed by atoms with E-state index in [9.17, 15) is 4.79 Å². The number of amides is 1. The van der Waals surface area contributed by atoms with E-state index in [0.717, 1.165) is 16.8 Å². The topological polar surface area (TPSA) is 64.2 Å². The normalized spacial score (nSPS) is 12.2. The van der Waals surface area contributed by atoms with E-state index < -0.39 is 6.04 Å². The van der Waals surface area contributed by atoms with Crippen LogP contribution in [0, 0.1) is 6.92 Å². The van der Waals surface area contributed by atoms with Crippen molar-refractivity contribution in [3.8, 4) is 0 Å². The van der Waals surface area contributed by atoms with Crippen LogP contribution in [0.25, 0.3) is 0 Å². The molecule has 1 unspecified atom stereocenters. The van der Waals surface area contributed by atoms with Crippen LogP contribution in [0.4, 0.5) is 5.69 Å². The molecule has 0 aliphatic carbocycles. The highest BCUT2D eigenvalue weighted by Crippen LogP contribution is 2.18. The number of carbonyl (C=O) groups is 1. The van der Waals surface area contributed by atoms with Crippen molar-refractivity contribution in [1.82, 2.24) is 9.78 Å². The number of likely N-dealkylation sites (N-methyl/N-ethyl adjacent to an activating group) is 1. The summed E-state index contributed by atoms with van der Waals surface area (Å²) < 4.78 is 1.65. The van der Waals surface area contributed by atoms with Crippen LogP contribution in [0.1, 0.15) is 17.2 Å². The smallest absolute Gasteiger partial charge is 0.248 e. The van der Waals surface area contributed by atoms with Gasteiger partial charge in [0.2, 0.25) is 5.91 Å². The van der Waals surface area contributed by atoms with Gasteiger partial charge in [-0.25, -0.2) is 0 Å². The third kappa shape index (κ3) is 2.82. The molecular weight excluding hydrogens is 240 g/mol. The van der Waals surface area contributed by atoms with E-state index in [4.69, 9.17) is 5.73 Å². The Balaban J connectivity index is 2.17. The molecule has 2 rings (SSSR count). The molecule has 0 saturated heterocycles. The second kappa shape index (κ2) is 5.24. The highest BCUT2D eigenvalue weighted by atomic mass is 16.2. The molecular formula is C14H18N4O. The third-order valence-electron chi connectivity index (χ3n) is 3.11. The maximum atomic E-state index is 12.3. The van der Waals surface area contributed by atoms with Crippen LogP contribution in [0.15, 0.2) is 36.7 Å². The molecule has 0 bridgehead atoms. The first-order valence-electron chi connectivity index (χ1n) is 6.07. The number of nitrogens with zero attached hydrogens (tertiary/aromatic N) is 3. The standard InChI is InChI=1S/C14H18N4O/c1-10-4-6-11(7-5-10)13(15)14(19)18(3)12-8-16-17(2)9-12/h4-9,13H,15H2,1-3H3. The van der Waals surface area contributed by atoms with Crippen molar-refractivity contribution < 1.29 is 4.79 Å². The van der Waals surface area contributed by atoms with Crippen LogP contribution < -0.4 is 10.6 Å². The highest BCUT2D eigenvalue weighted by molar-refractivity contribution is 5.96. The lowest BCUT2D eigenvalue weighted by atomic mass is 10.0. The zero-order chi connectivity index (χ0) is 14.0. The van der Waals surface area contributed by atoms with Crippen molar-refractivity contribution >= 4 is 11.6 Å². The maximum Gasteiger partial charge on any atom is 0.248 e. The van der Waals surface area contributed by atoms with Crippen molar-refractivity contribution in [2.24, 2.45) is 12.8 Å². The fourth-order valence-electron chi connectivity index (χ4n) is 1.83. The molecule has 1 aromatic carbocycles. The summed E-state index contributed by atoms with van der Waals surface area (Å²) in [6, 6.07) is 7.01.